The van der Waals surface area contributed by atoms with Crippen LogP contribution in [0.3, 0.4) is 0 Å². The Morgan fingerprint density at radius 1 is 1.27 bits per heavy atom. The van der Waals surface area contributed by atoms with E-state index in [2.05, 4.69) is 6.58 Å². The van der Waals surface area contributed by atoms with Crippen LogP contribution in [0.1, 0.15) is 24.2 Å². The van der Waals surface area contributed by atoms with Crippen molar-refractivity contribution >= 4 is 40.2 Å². The minimum Gasteiger partial charge on any atom is -0.460 e. The molecule has 6 nitrogen and oxygen atoms in total. The zero-order chi connectivity index (χ0) is 21.6. The molecular weight excluding hydrogens is 402 g/mol. The number of ketones is 1. The molecule has 156 valence electrons. The summed E-state index contributed by atoms with van der Waals surface area (Å²) in [5, 5.41) is 12.2. The molecule has 4 rings (SSSR count). The summed E-state index contributed by atoms with van der Waals surface area (Å²) in [6, 6.07) is 12.1. The Morgan fingerprint density at radius 2 is 1.97 bits per heavy atom. The van der Waals surface area contributed by atoms with Crippen LogP contribution >= 0.6 is 11.8 Å². The lowest BCUT2D eigenvalue weighted by Crippen LogP contribution is -2.66. The first-order valence-corrected chi connectivity index (χ1v) is 10.6. The van der Waals surface area contributed by atoms with E-state index in [1.165, 1.54) is 22.7 Å². The SMILES string of the molecule is C=CCOC(=O)[C@@H]1N2C(=O)[C@@H]([C@H](O)C(=O)c3ccc4ccccc4c3)[C@H]2SC1(C)C. The van der Waals surface area contributed by atoms with E-state index in [1.807, 2.05) is 44.2 Å². The molecule has 2 saturated heterocycles. The van der Waals surface area contributed by atoms with Gasteiger partial charge in [-0.15, -0.1) is 11.8 Å². The minimum atomic E-state index is -1.47. The normalized spacial score (nSPS) is 25.4. The Balaban J connectivity index is 1.55. The van der Waals surface area contributed by atoms with Gasteiger partial charge in [0, 0.05) is 10.3 Å². The molecule has 1 N–H and O–H groups in total. The van der Waals surface area contributed by atoms with Gasteiger partial charge in [-0.25, -0.2) is 4.79 Å². The first-order chi connectivity index (χ1) is 14.3. The van der Waals surface area contributed by atoms with Crippen molar-refractivity contribution in [3.05, 3.63) is 60.7 Å². The zero-order valence-electron chi connectivity index (χ0n) is 16.8. The van der Waals surface area contributed by atoms with Gasteiger partial charge in [-0.05, 0) is 30.7 Å². The number of fused-ring (bicyclic) bond motifs is 2. The van der Waals surface area contributed by atoms with Crippen LogP contribution in [0, 0.1) is 5.92 Å². The lowest BCUT2D eigenvalue weighted by molar-refractivity contribution is -0.169. The van der Waals surface area contributed by atoms with E-state index in [1.54, 1.807) is 12.1 Å². The highest BCUT2D eigenvalue weighted by Gasteiger charge is 2.66. The molecule has 2 fully saturated rings. The zero-order valence-corrected chi connectivity index (χ0v) is 17.6. The first-order valence-electron chi connectivity index (χ1n) is 9.75. The molecule has 30 heavy (non-hydrogen) atoms. The maximum Gasteiger partial charge on any atom is 0.330 e. The number of rotatable bonds is 6. The summed E-state index contributed by atoms with van der Waals surface area (Å²) in [4.78, 5) is 39.8. The Morgan fingerprint density at radius 3 is 2.67 bits per heavy atom. The molecule has 7 heteroatoms. The monoisotopic (exact) mass is 425 g/mol. The smallest absolute Gasteiger partial charge is 0.330 e. The minimum absolute atomic E-state index is 0.0648. The van der Waals surface area contributed by atoms with Crippen LogP contribution < -0.4 is 0 Å². The van der Waals surface area contributed by atoms with Crippen LogP contribution in [0.5, 0.6) is 0 Å². The molecule has 4 atom stereocenters. The standard InChI is InChI=1S/C23H23NO5S/c1-4-11-29-22(28)19-23(2,3)30-21-16(20(27)24(19)21)18(26)17(25)15-10-9-13-7-5-6-8-14(13)12-15/h4-10,12,16,18-19,21,26H,1,11H2,2-3H3/t16-,18+,19+,21-/m1/s1. The van der Waals surface area contributed by atoms with Crippen molar-refractivity contribution in [1.82, 2.24) is 4.90 Å². The Kier molecular flexibility index (Phi) is 5.20. The lowest BCUT2D eigenvalue weighted by atomic mass is 9.84. The third-order valence-electron chi connectivity index (χ3n) is 5.69. The number of carbonyl (C=O) groups excluding carboxylic acids is 3. The average Bonchev–Trinajstić information content (AvgIpc) is 2.98. The van der Waals surface area contributed by atoms with E-state index in [0.717, 1.165) is 10.8 Å². The third-order valence-corrected chi connectivity index (χ3v) is 7.28. The predicted octanol–water partition coefficient (Wildman–Crippen LogP) is 2.79. The summed E-state index contributed by atoms with van der Waals surface area (Å²) in [6.07, 6.45) is 0.00292. The number of hydrogen-bond donors (Lipinski definition) is 1. The van der Waals surface area contributed by atoms with E-state index in [-0.39, 0.29) is 6.61 Å². The predicted molar refractivity (Wildman–Crippen MR) is 115 cm³/mol. The summed E-state index contributed by atoms with van der Waals surface area (Å²) in [6.45, 7) is 7.31. The number of Topliss-reactive ketones (excluding diaryl/α,β-unsaturated/α-hetero) is 1. The van der Waals surface area contributed by atoms with Crippen LogP contribution in [0.4, 0.5) is 0 Å². The number of aliphatic hydroxyl groups is 1. The number of ether oxygens (including phenoxy) is 1. The number of amides is 1. The third kappa shape index (κ3) is 3.22. The van der Waals surface area contributed by atoms with Crippen LogP contribution in [-0.2, 0) is 14.3 Å². The van der Waals surface area contributed by atoms with Crippen LogP contribution in [-0.4, -0.2) is 56.5 Å². The highest BCUT2D eigenvalue weighted by molar-refractivity contribution is 8.01. The van der Waals surface area contributed by atoms with E-state index < -0.39 is 45.8 Å². The summed E-state index contributed by atoms with van der Waals surface area (Å²) in [7, 11) is 0. The topological polar surface area (TPSA) is 83.9 Å². The van der Waals surface area contributed by atoms with Gasteiger partial charge in [-0.2, -0.15) is 0 Å². The van der Waals surface area contributed by atoms with Crippen molar-refractivity contribution in [3.8, 4) is 0 Å². The van der Waals surface area contributed by atoms with E-state index in [4.69, 9.17) is 4.74 Å². The molecule has 0 aromatic heterocycles. The van der Waals surface area contributed by atoms with Crippen molar-refractivity contribution < 1.29 is 24.2 Å². The molecule has 0 saturated carbocycles. The van der Waals surface area contributed by atoms with Gasteiger partial charge in [0.1, 0.15) is 24.7 Å². The number of hydrogen-bond acceptors (Lipinski definition) is 6. The molecule has 2 heterocycles. The van der Waals surface area contributed by atoms with Gasteiger partial charge in [-0.3, -0.25) is 9.59 Å². The molecular formula is C23H23NO5S. The van der Waals surface area contributed by atoms with Crippen molar-refractivity contribution in [2.75, 3.05) is 6.61 Å². The summed E-state index contributed by atoms with van der Waals surface area (Å²) in [5.41, 5.74) is 0.358. The molecule has 2 aromatic carbocycles. The van der Waals surface area contributed by atoms with Crippen molar-refractivity contribution in [2.45, 2.75) is 36.1 Å². The first kappa shape index (κ1) is 20.6. The van der Waals surface area contributed by atoms with Gasteiger partial charge in [-0.1, -0.05) is 49.1 Å². The van der Waals surface area contributed by atoms with Crippen LogP contribution in [0.15, 0.2) is 55.1 Å². The van der Waals surface area contributed by atoms with Gasteiger partial charge in [0.2, 0.25) is 5.91 Å². The second-order valence-corrected chi connectivity index (χ2v) is 9.85. The summed E-state index contributed by atoms with van der Waals surface area (Å²) >= 11 is 1.41. The number of carbonyl (C=O) groups is 3. The molecule has 2 aromatic rings. The summed E-state index contributed by atoms with van der Waals surface area (Å²) < 4.78 is 4.57. The van der Waals surface area contributed by atoms with Crippen molar-refractivity contribution in [2.24, 2.45) is 5.92 Å². The molecule has 2 aliphatic heterocycles. The van der Waals surface area contributed by atoms with Crippen molar-refractivity contribution in [3.63, 3.8) is 0 Å². The largest absolute Gasteiger partial charge is 0.460 e. The second kappa shape index (κ2) is 7.56. The molecule has 0 unspecified atom stereocenters. The number of esters is 1. The number of aliphatic hydroxyl groups excluding tert-OH is 1. The quantitative estimate of drug-likeness (QED) is 0.332. The van der Waals surface area contributed by atoms with Gasteiger partial charge in [0.25, 0.3) is 0 Å². The summed E-state index contributed by atoms with van der Waals surface area (Å²) in [5.74, 6) is -2.28. The number of benzene rings is 2. The van der Waals surface area contributed by atoms with Crippen LogP contribution in [0.2, 0.25) is 0 Å². The number of nitrogens with zero attached hydrogens (tertiary/aromatic N) is 1. The van der Waals surface area contributed by atoms with Gasteiger partial charge in [0.15, 0.2) is 5.78 Å². The average molecular weight is 426 g/mol. The van der Waals surface area contributed by atoms with E-state index >= 15 is 0 Å². The van der Waals surface area contributed by atoms with E-state index in [9.17, 15) is 19.5 Å². The molecule has 0 bridgehead atoms. The van der Waals surface area contributed by atoms with Gasteiger partial charge < -0.3 is 14.7 Å². The van der Waals surface area contributed by atoms with Crippen molar-refractivity contribution in [1.29, 1.82) is 0 Å². The van der Waals surface area contributed by atoms with Gasteiger partial charge in [0.05, 0.1) is 5.37 Å². The van der Waals surface area contributed by atoms with Crippen LogP contribution in [0.25, 0.3) is 10.8 Å². The second-order valence-electron chi connectivity index (χ2n) is 8.08. The van der Waals surface area contributed by atoms with Gasteiger partial charge >= 0.3 is 5.97 Å². The maximum atomic E-state index is 12.9. The highest BCUT2D eigenvalue weighted by Crippen LogP contribution is 2.54. The fourth-order valence-corrected chi connectivity index (χ4v) is 5.92. The number of β-lactam (4-membered cyclic amide) rings is 1. The molecule has 0 spiro atoms. The fraction of sp³-hybridized carbons (Fsp3) is 0.348. The molecule has 2 aliphatic rings. The highest BCUT2D eigenvalue weighted by atomic mass is 32.2. The lowest BCUT2D eigenvalue weighted by Gasteiger charge is -2.45. The van der Waals surface area contributed by atoms with E-state index in [0.29, 0.717) is 5.56 Å². The Labute approximate surface area is 178 Å². The molecule has 0 radical (unpaired) electrons. The Bertz CT molecular complexity index is 1050. The molecule has 1 amide bonds. The Hall–Kier alpha value is -2.64. The number of thioether (sulfide) groups is 1. The maximum absolute atomic E-state index is 12.9. The molecule has 0 aliphatic carbocycles. The fourth-order valence-electron chi connectivity index (χ4n) is 4.21.